The van der Waals surface area contributed by atoms with Crippen LogP contribution in [0.25, 0.3) is 0 Å². The summed E-state index contributed by atoms with van der Waals surface area (Å²) in [6, 6.07) is 24.1. The largest absolute Gasteiger partial charge is 0.492 e. The minimum absolute atomic E-state index is 0.180. The Hall–Kier alpha value is -3.44. The third-order valence-electron chi connectivity index (χ3n) is 8.15. The van der Waals surface area contributed by atoms with Gasteiger partial charge in [0.1, 0.15) is 12.4 Å². The number of benzene rings is 3. The van der Waals surface area contributed by atoms with Crippen LogP contribution >= 0.6 is 0 Å². The van der Waals surface area contributed by atoms with Crippen LogP contribution in [0.5, 0.6) is 5.75 Å². The molecule has 0 amide bonds. The Labute approximate surface area is 268 Å². The molecular weight excluding hydrogens is 590 g/mol. The summed E-state index contributed by atoms with van der Waals surface area (Å²) in [5, 5.41) is 0. The zero-order valence-electron chi connectivity index (χ0n) is 26.6. The van der Waals surface area contributed by atoms with Gasteiger partial charge in [0.05, 0.1) is 11.5 Å². The van der Waals surface area contributed by atoms with E-state index in [0.29, 0.717) is 31.1 Å². The summed E-state index contributed by atoms with van der Waals surface area (Å²) in [5.41, 5.74) is 8.48. The molecule has 0 radical (unpaired) electrons. The first kappa shape index (κ1) is 34.4. The van der Waals surface area contributed by atoms with E-state index in [1.165, 1.54) is 55.0 Å². The van der Waals surface area contributed by atoms with Crippen molar-refractivity contribution in [3.8, 4) is 5.75 Å². The van der Waals surface area contributed by atoms with Crippen LogP contribution in [0.3, 0.4) is 0 Å². The summed E-state index contributed by atoms with van der Waals surface area (Å²) >= 11 is 0. The Bertz CT molecular complexity index is 1430. The summed E-state index contributed by atoms with van der Waals surface area (Å²) in [7, 11) is -2.11. The maximum atomic E-state index is 12.6. The van der Waals surface area contributed by atoms with Crippen LogP contribution in [0.1, 0.15) is 37.8 Å². The van der Waals surface area contributed by atoms with Gasteiger partial charge in [0.25, 0.3) is 0 Å². The van der Waals surface area contributed by atoms with E-state index in [4.69, 9.17) is 19.9 Å². The number of fused-ring (bicyclic) bond motifs is 1. The van der Waals surface area contributed by atoms with Gasteiger partial charge in [-0.25, -0.2) is 13.2 Å². The average molecular weight is 638 g/mol. The zero-order valence-corrected chi connectivity index (χ0v) is 27.5. The van der Waals surface area contributed by atoms with Crippen LogP contribution in [0.4, 0.5) is 5.69 Å². The number of nitrogen functional groups attached to an aromatic ring is 1. The van der Waals surface area contributed by atoms with E-state index >= 15 is 0 Å². The van der Waals surface area contributed by atoms with Gasteiger partial charge >= 0.3 is 5.97 Å². The number of nitrogens with two attached hydrogens (primary N) is 1. The predicted octanol–water partition coefficient (Wildman–Crippen LogP) is 5.01. The molecule has 45 heavy (non-hydrogen) atoms. The molecule has 1 heterocycles. The fourth-order valence-corrected chi connectivity index (χ4v) is 6.61. The van der Waals surface area contributed by atoms with Crippen LogP contribution in [0.2, 0.25) is 0 Å². The molecule has 1 aliphatic heterocycles. The number of anilines is 1. The molecule has 9 nitrogen and oxygen atoms in total. The maximum Gasteiger partial charge on any atom is 0.335 e. The third-order valence-corrected chi connectivity index (χ3v) is 10.0. The van der Waals surface area contributed by atoms with Gasteiger partial charge in [-0.3, -0.25) is 4.90 Å². The molecule has 244 valence electrons. The number of rotatable bonds is 14. The van der Waals surface area contributed by atoms with Crippen molar-refractivity contribution in [2.75, 3.05) is 52.2 Å². The van der Waals surface area contributed by atoms with Crippen molar-refractivity contribution in [1.29, 1.82) is 0 Å². The van der Waals surface area contributed by atoms with Crippen LogP contribution in [0, 0.1) is 11.8 Å². The zero-order chi connectivity index (χ0) is 32.2. The number of likely N-dealkylation sites (tertiary alicyclic amines) is 1. The highest BCUT2D eigenvalue weighted by atomic mass is 32.2. The molecule has 10 heteroatoms. The first-order valence-electron chi connectivity index (χ1n) is 15.8. The summed E-state index contributed by atoms with van der Waals surface area (Å²) in [6.45, 7) is 8.49. The molecule has 3 atom stereocenters. The second kappa shape index (κ2) is 16.7. The fraction of sp³-hybridized carbons (Fsp3) is 0.457. The summed E-state index contributed by atoms with van der Waals surface area (Å²) < 4.78 is 42.6. The van der Waals surface area contributed by atoms with E-state index in [0.717, 1.165) is 23.9 Å². The molecule has 2 aliphatic rings. The Kier molecular flexibility index (Phi) is 12.8. The summed E-state index contributed by atoms with van der Waals surface area (Å²) in [5.74, 6) is 2.37. The van der Waals surface area contributed by atoms with E-state index in [2.05, 4.69) is 35.2 Å². The standard InChI is InChI=1S/C22H30N2O6S.C13H17N/c1-4-28-21(22(25)29-5-2)16-17-6-10-19(11-7-17)30-15-14-24(3)31(26,27)20-12-8-18(23)9-13-20;1-2-4-11(5-3-1)9-14-7-6-12-8-13(12)10-14/h6-13,21H,4-5,14-16,23H2,1-3H3;1-5,12-13H,6-10H2/t21-;/m0./s1. The van der Waals surface area contributed by atoms with Gasteiger partial charge in [0.15, 0.2) is 6.10 Å². The predicted molar refractivity (Wildman–Crippen MR) is 176 cm³/mol. The molecule has 2 unspecified atom stereocenters. The SMILES string of the molecule is CCOC(=O)[C@H](Cc1ccc(OCCN(C)S(=O)(=O)c2ccc(N)cc2)cc1)OCC.c1ccc(CN2CCC3CC3C2)cc1. The average Bonchev–Trinajstić information content (AvgIpc) is 3.82. The van der Waals surface area contributed by atoms with E-state index < -0.39 is 16.1 Å². The van der Waals surface area contributed by atoms with Crippen molar-refractivity contribution in [1.82, 2.24) is 9.21 Å². The van der Waals surface area contributed by atoms with Crippen molar-refractivity contribution in [2.45, 2.75) is 50.7 Å². The third kappa shape index (κ3) is 10.6. The molecule has 0 bridgehead atoms. The van der Waals surface area contributed by atoms with E-state index in [1.807, 2.05) is 19.1 Å². The molecule has 2 fully saturated rings. The first-order chi connectivity index (χ1) is 21.7. The maximum absolute atomic E-state index is 12.6. The van der Waals surface area contributed by atoms with Crippen molar-refractivity contribution in [3.05, 3.63) is 90.0 Å². The van der Waals surface area contributed by atoms with Crippen LogP contribution in [-0.2, 0) is 37.3 Å². The van der Waals surface area contributed by atoms with Crippen molar-refractivity contribution < 1.29 is 27.4 Å². The summed E-state index contributed by atoms with van der Waals surface area (Å²) in [6.07, 6.45) is 2.70. The first-order valence-corrected chi connectivity index (χ1v) is 17.2. The molecule has 1 saturated carbocycles. The number of hydrogen-bond acceptors (Lipinski definition) is 8. The number of esters is 1. The normalized spacial score (nSPS) is 18.3. The number of ether oxygens (including phenoxy) is 3. The summed E-state index contributed by atoms with van der Waals surface area (Å²) in [4.78, 5) is 14.8. The highest BCUT2D eigenvalue weighted by Crippen LogP contribution is 2.45. The lowest BCUT2D eigenvalue weighted by molar-refractivity contribution is -0.156. The Balaban J connectivity index is 0.000000269. The highest BCUT2D eigenvalue weighted by Gasteiger charge is 2.41. The molecule has 0 aromatic heterocycles. The van der Waals surface area contributed by atoms with Gasteiger partial charge in [-0.15, -0.1) is 0 Å². The Morgan fingerprint density at radius 1 is 0.956 bits per heavy atom. The topological polar surface area (TPSA) is 111 Å². The molecule has 1 aliphatic carbocycles. The number of sulfonamides is 1. The number of likely N-dealkylation sites (N-methyl/N-ethyl adjacent to an activating group) is 1. The fourth-order valence-electron chi connectivity index (χ4n) is 5.46. The minimum atomic E-state index is -3.61. The minimum Gasteiger partial charge on any atom is -0.492 e. The van der Waals surface area contributed by atoms with Crippen LogP contribution in [0.15, 0.2) is 83.8 Å². The molecule has 3 aromatic rings. The number of hydrogen-bond donors (Lipinski definition) is 1. The van der Waals surface area contributed by atoms with Gasteiger partial charge in [-0.05, 0) is 92.6 Å². The van der Waals surface area contributed by atoms with Crippen LogP contribution in [-0.4, -0.2) is 76.2 Å². The number of carbonyl (C=O) groups excluding carboxylic acids is 1. The molecule has 5 rings (SSSR count). The second-order valence-electron chi connectivity index (χ2n) is 11.6. The molecular formula is C35H47N3O6S. The van der Waals surface area contributed by atoms with Gasteiger partial charge in [-0.1, -0.05) is 42.5 Å². The van der Waals surface area contributed by atoms with Crippen molar-refractivity contribution in [2.24, 2.45) is 11.8 Å². The van der Waals surface area contributed by atoms with E-state index in [-0.39, 0.29) is 24.0 Å². The molecule has 2 N–H and O–H groups in total. The van der Waals surface area contributed by atoms with Gasteiger partial charge < -0.3 is 19.9 Å². The molecule has 1 saturated heterocycles. The van der Waals surface area contributed by atoms with Crippen molar-refractivity contribution in [3.63, 3.8) is 0 Å². The Morgan fingerprint density at radius 2 is 1.67 bits per heavy atom. The van der Waals surface area contributed by atoms with Crippen LogP contribution < -0.4 is 10.5 Å². The smallest absolute Gasteiger partial charge is 0.335 e. The lowest BCUT2D eigenvalue weighted by Crippen LogP contribution is -2.31. The molecule has 0 spiro atoms. The number of nitrogens with zero attached hydrogens (tertiary/aromatic N) is 2. The highest BCUT2D eigenvalue weighted by molar-refractivity contribution is 7.89. The molecule has 3 aromatic carbocycles. The number of carbonyl (C=O) groups is 1. The van der Waals surface area contributed by atoms with Gasteiger partial charge in [0, 0.05) is 45.4 Å². The second-order valence-corrected chi connectivity index (χ2v) is 13.6. The quantitative estimate of drug-likeness (QED) is 0.194. The van der Waals surface area contributed by atoms with E-state index in [9.17, 15) is 13.2 Å². The lowest BCUT2D eigenvalue weighted by Gasteiger charge is -2.26. The van der Waals surface area contributed by atoms with E-state index in [1.54, 1.807) is 31.2 Å². The number of piperidine rings is 1. The lowest BCUT2D eigenvalue weighted by atomic mass is 10.1. The van der Waals surface area contributed by atoms with Gasteiger partial charge in [-0.2, -0.15) is 4.31 Å². The monoisotopic (exact) mass is 637 g/mol. The Morgan fingerprint density at radius 3 is 2.31 bits per heavy atom. The van der Waals surface area contributed by atoms with Crippen molar-refractivity contribution >= 4 is 21.7 Å². The van der Waals surface area contributed by atoms with Gasteiger partial charge in [0.2, 0.25) is 10.0 Å².